The summed E-state index contributed by atoms with van der Waals surface area (Å²) < 4.78 is 66.9. The lowest BCUT2D eigenvalue weighted by molar-refractivity contribution is -0.109. The van der Waals surface area contributed by atoms with Gasteiger partial charge in [-0.15, -0.1) is 0 Å². The van der Waals surface area contributed by atoms with Crippen molar-refractivity contribution in [3.63, 3.8) is 0 Å². The highest BCUT2D eigenvalue weighted by Crippen LogP contribution is 2.55. The first-order chi connectivity index (χ1) is 36.5. The van der Waals surface area contributed by atoms with Crippen molar-refractivity contribution < 1.29 is 22.4 Å². The Kier molecular flexibility index (Phi) is 18.5. The lowest BCUT2D eigenvalue weighted by atomic mass is 9.70. The SMILES string of the molecule is C=CNCCC(CCC1CCC(NC[C@]2(c3ccccc3)Cc3cc(F)c(Cl)c(-c4c(C(=C)N)ccc(CCC)c4F)c3[C@@H]2C)C(C)C1)CN1CCC(c2c(F)cc3c(N(C)CCC(=C)NC=O)nn(C)c3c2F)CC1. The maximum Gasteiger partial charge on any atom is 0.211 e. The molecule has 4 aromatic carbocycles. The van der Waals surface area contributed by atoms with E-state index in [1.807, 2.05) is 24.9 Å². The number of halogens is 5. The van der Waals surface area contributed by atoms with E-state index >= 15 is 17.6 Å². The molecule has 14 heteroatoms. The average Bonchev–Trinajstić information content (AvgIpc) is 3.92. The number of fused-ring (bicyclic) bond motifs is 2. The van der Waals surface area contributed by atoms with Crippen molar-refractivity contribution in [2.24, 2.45) is 30.5 Å². The summed E-state index contributed by atoms with van der Waals surface area (Å²) in [6, 6.07) is 17.3. The van der Waals surface area contributed by atoms with Crippen LogP contribution in [-0.4, -0.2) is 73.4 Å². The molecule has 1 amide bonds. The van der Waals surface area contributed by atoms with E-state index in [-0.39, 0.29) is 39.7 Å². The predicted molar refractivity (Wildman–Crippen MR) is 303 cm³/mol. The number of nitrogens with zero attached hydrogens (tertiary/aromatic N) is 4. The van der Waals surface area contributed by atoms with Crippen molar-refractivity contribution in [1.29, 1.82) is 0 Å². The van der Waals surface area contributed by atoms with Crippen LogP contribution in [0.15, 0.2) is 86.2 Å². The number of benzene rings is 4. The van der Waals surface area contributed by atoms with Crippen molar-refractivity contribution in [3.05, 3.63) is 148 Å². The number of nitrogens with one attached hydrogen (secondary N) is 3. The summed E-state index contributed by atoms with van der Waals surface area (Å²) in [5.41, 5.74) is 11.5. The second kappa shape index (κ2) is 24.8. The summed E-state index contributed by atoms with van der Waals surface area (Å²) in [4.78, 5) is 15.1. The Balaban J connectivity index is 0.910. The fraction of sp³-hybridized carbons (Fsp3) is 0.484. The Hall–Kier alpha value is -5.63. The fourth-order valence-electron chi connectivity index (χ4n) is 13.3. The van der Waals surface area contributed by atoms with Crippen molar-refractivity contribution in [2.75, 3.05) is 51.2 Å². The van der Waals surface area contributed by atoms with Gasteiger partial charge in [0.15, 0.2) is 11.6 Å². The number of anilines is 1. The monoisotopic (exact) mass is 1060 g/mol. The number of aromatic nitrogens is 2. The summed E-state index contributed by atoms with van der Waals surface area (Å²) in [7, 11) is 3.50. The third-order valence-electron chi connectivity index (χ3n) is 17.5. The number of nitrogens with two attached hydrogens (primary N) is 1. The summed E-state index contributed by atoms with van der Waals surface area (Å²) in [5.74, 6) is -0.506. The van der Waals surface area contributed by atoms with Crippen molar-refractivity contribution in [2.45, 2.75) is 121 Å². The third kappa shape index (κ3) is 11.8. The molecule has 76 heavy (non-hydrogen) atoms. The molecule has 1 aromatic heterocycles. The van der Waals surface area contributed by atoms with Crippen LogP contribution in [0.2, 0.25) is 5.02 Å². The number of aryl methyl sites for hydroxylation is 2. The smallest absolute Gasteiger partial charge is 0.211 e. The Labute approximate surface area is 453 Å². The minimum Gasteiger partial charge on any atom is -0.399 e. The molecule has 408 valence electrons. The van der Waals surface area contributed by atoms with E-state index in [4.69, 9.17) is 17.3 Å². The van der Waals surface area contributed by atoms with Crippen LogP contribution in [-0.2, 0) is 30.1 Å². The van der Waals surface area contributed by atoms with Gasteiger partial charge in [-0.1, -0.05) is 107 Å². The van der Waals surface area contributed by atoms with Gasteiger partial charge in [-0.25, -0.2) is 17.6 Å². The Morgan fingerprint density at radius 2 is 1.74 bits per heavy atom. The molecule has 3 aliphatic rings. The van der Waals surface area contributed by atoms with Crippen LogP contribution in [0.25, 0.3) is 27.7 Å². The molecule has 4 unspecified atom stereocenters. The molecule has 5 aromatic rings. The number of piperidine rings is 1. The van der Waals surface area contributed by atoms with Crippen LogP contribution >= 0.6 is 11.6 Å². The van der Waals surface area contributed by atoms with E-state index in [9.17, 15) is 4.79 Å². The molecule has 0 bridgehead atoms. The average molecular weight is 1060 g/mol. The molecule has 1 saturated carbocycles. The molecule has 1 aliphatic heterocycles. The van der Waals surface area contributed by atoms with E-state index in [1.165, 1.54) is 10.7 Å². The standard InChI is InChI=1S/C62H79ClF4N8O/c1-9-14-45-20-21-48(41(6)68)55(58(45)66)56-53-40(5)62(47-15-12-11-13-16-47,34-46(53)32-51(65)57(56)63)36-70-52-22-19-42(31-38(52)3)17-18-43(23-27-69-10-2)35-75-29-25-44(26-30-75)54-50(64)33-49-60(59(54)67)74(8)72-61(49)73(7)28-24-39(4)71-37-76/h10-13,15-16,20-21,32-33,37-38,40,42-44,52,69-70H,2,4,6,9,14,17-19,22-31,34-36,68H2,1,3,5,7-8H3,(H,71,76)/t38?,40-,42?,43?,52?,62+/m0/s1. The molecular formula is C62H79ClF4N8O. The topological polar surface area (TPSA) is 103 Å². The summed E-state index contributed by atoms with van der Waals surface area (Å²) in [5, 5.41) is 14.9. The zero-order valence-corrected chi connectivity index (χ0v) is 46.1. The minimum atomic E-state index is -0.571. The molecule has 8 rings (SSSR count). The van der Waals surface area contributed by atoms with Crippen LogP contribution in [0, 0.1) is 41.0 Å². The highest BCUT2D eigenvalue weighted by molar-refractivity contribution is 6.34. The highest BCUT2D eigenvalue weighted by atomic mass is 35.5. The van der Waals surface area contributed by atoms with Crippen molar-refractivity contribution in [1.82, 2.24) is 30.6 Å². The van der Waals surface area contributed by atoms with Gasteiger partial charge >= 0.3 is 0 Å². The van der Waals surface area contributed by atoms with Crippen molar-refractivity contribution >= 4 is 40.4 Å². The fourth-order valence-corrected chi connectivity index (χ4v) is 13.6. The van der Waals surface area contributed by atoms with E-state index in [2.05, 4.69) is 83.8 Å². The first-order valence-corrected chi connectivity index (χ1v) is 28.0. The number of hydrogen-bond donors (Lipinski definition) is 4. The van der Waals surface area contributed by atoms with Crippen LogP contribution < -0.4 is 26.6 Å². The van der Waals surface area contributed by atoms with E-state index in [0.29, 0.717) is 108 Å². The largest absolute Gasteiger partial charge is 0.399 e. The number of carbonyl (C=O) groups is 1. The molecule has 2 aliphatic carbocycles. The molecule has 5 N–H and O–H groups in total. The molecule has 9 nitrogen and oxygen atoms in total. The van der Waals surface area contributed by atoms with Crippen LogP contribution in [0.5, 0.6) is 0 Å². The maximum absolute atomic E-state index is 16.8. The van der Waals surface area contributed by atoms with Gasteiger partial charge in [0.2, 0.25) is 6.41 Å². The van der Waals surface area contributed by atoms with E-state index in [1.54, 1.807) is 31.4 Å². The molecule has 2 heterocycles. The molecule has 0 spiro atoms. The lowest BCUT2D eigenvalue weighted by Crippen LogP contribution is -2.48. The van der Waals surface area contributed by atoms with Gasteiger partial charge in [-0.05, 0) is 141 Å². The highest BCUT2D eigenvalue weighted by Gasteiger charge is 2.48. The molecule has 6 atom stereocenters. The second-order valence-electron chi connectivity index (χ2n) is 22.4. The van der Waals surface area contributed by atoms with Gasteiger partial charge in [-0.3, -0.25) is 9.48 Å². The second-order valence-corrected chi connectivity index (χ2v) is 22.7. The minimum absolute atomic E-state index is 0.0949. The number of hydrogen-bond acceptors (Lipinski definition) is 7. The van der Waals surface area contributed by atoms with Crippen LogP contribution in [0.4, 0.5) is 23.4 Å². The molecular weight excluding hydrogens is 984 g/mol. The van der Waals surface area contributed by atoms with E-state index < -0.39 is 28.7 Å². The Bertz CT molecular complexity index is 2900. The Morgan fingerprint density at radius 3 is 2.42 bits per heavy atom. The van der Waals surface area contributed by atoms with Gasteiger partial charge < -0.3 is 31.5 Å². The quantitative estimate of drug-likeness (QED) is 0.0277. The number of rotatable bonds is 24. The van der Waals surface area contributed by atoms with Gasteiger partial charge in [-0.2, -0.15) is 5.10 Å². The number of carbonyl (C=O) groups excluding carboxylic acids is 1. The summed E-state index contributed by atoms with van der Waals surface area (Å²) in [6.07, 6.45) is 12.5. The summed E-state index contributed by atoms with van der Waals surface area (Å²) >= 11 is 6.96. The van der Waals surface area contributed by atoms with Crippen molar-refractivity contribution in [3.8, 4) is 11.1 Å². The first-order valence-electron chi connectivity index (χ1n) is 27.6. The first kappa shape index (κ1) is 56.6. The molecule has 2 fully saturated rings. The van der Waals surface area contributed by atoms with Crippen LogP contribution in [0.3, 0.4) is 0 Å². The van der Waals surface area contributed by atoms with Crippen LogP contribution in [0.1, 0.15) is 130 Å². The molecule has 0 radical (unpaired) electrons. The zero-order chi connectivity index (χ0) is 54.4. The predicted octanol–water partition coefficient (Wildman–Crippen LogP) is 12.8. The number of likely N-dealkylation sites (tertiary alicyclic amines) is 1. The zero-order valence-electron chi connectivity index (χ0n) is 45.3. The van der Waals surface area contributed by atoms with Gasteiger partial charge in [0.05, 0.1) is 10.4 Å². The summed E-state index contributed by atoms with van der Waals surface area (Å²) in [6.45, 7) is 22.7. The van der Waals surface area contributed by atoms with E-state index in [0.717, 1.165) is 87.8 Å². The van der Waals surface area contributed by atoms with Gasteiger partial charge in [0.25, 0.3) is 0 Å². The third-order valence-corrected chi connectivity index (χ3v) is 17.9. The Morgan fingerprint density at radius 1 is 0.987 bits per heavy atom. The van der Waals surface area contributed by atoms with Gasteiger partial charge in [0, 0.05) is 91.8 Å². The lowest BCUT2D eigenvalue weighted by Gasteiger charge is -2.41. The van der Waals surface area contributed by atoms with Gasteiger partial charge in [0.1, 0.15) is 23.0 Å². The normalized spacial score (nSPS) is 21.3. The maximum atomic E-state index is 16.8. The number of amides is 1. The molecule has 1 saturated heterocycles.